The quantitative estimate of drug-likeness (QED) is 0.0725. The molecule has 3 rings (SSSR count). The number of hydrogen-bond acceptors (Lipinski definition) is 15. The molecule has 0 radical (unpaired) electrons. The summed E-state index contributed by atoms with van der Waals surface area (Å²) in [6.45, 7) is 3.96. The topological polar surface area (TPSA) is 228 Å². The lowest BCUT2D eigenvalue weighted by atomic mass is 9.86. The maximum absolute atomic E-state index is 11.6. The van der Waals surface area contributed by atoms with Gasteiger partial charge in [-0.15, -0.1) is 0 Å². The lowest BCUT2D eigenvalue weighted by Crippen LogP contribution is -2.59. The van der Waals surface area contributed by atoms with Crippen molar-refractivity contribution in [2.45, 2.75) is 114 Å². The molecule has 15 nitrogen and oxygen atoms in total. The predicted octanol–water partition coefficient (Wildman–Crippen LogP) is -0.967. The first-order chi connectivity index (χ1) is 22.2. The van der Waals surface area contributed by atoms with E-state index in [4.69, 9.17) is 33.8 Å². The van der Waals surface area contributed by atoms with Gasteiger partial charge >= 0.3 is 23.9 Å². The highest BCUT2D eigenvalue weighted by molar-refractivity contribution is 5.67. The molecule has 3 aliphatic rings. The largest absolute Gasteiger partial charge is 0.463 e. The first-order valence-corrected chi connectivity index (χ1v) is 15.4. The Morgan fingerprint density at radius 3 is 1.60 bits per heavy atom. The van der Waals surface area contributed by atoms with Crippen LogP contribution in [0.1, 0.15) is 53.4 Å². The second-order valence-corrected chi connectivity index (χ2v) is 11.8. The maximum Gasteiger partial charge on any atom is 0.303 e. The lowest BCUT2D eigenvalue weighted by molar-refractivity contribution is -0.229. The molecule has 2 saturated heterocycles. The number of ether oxygens (including phenoxy) is 6. The fraction of sp³-hybridized carbons (Fsp3) is 0.719. The van der Waals surface area contributed by atoms with Crippen molar-refractivity contribution in [2.24, 2.45) is 17.8 Å². The van der Waals surface area contributed by atoms with Gasteiger partial charge in [-0.1, -0.05) is 30.1 Å². The number of aliphatic hydroxyl groups excluding tert-OH is 4. The van der Waals surface area contributed by atoms with E-state index in [9.17, 15) is 39.6 Å². The number of carbonyl (C=O) groups is 4. The highest BCUT2D eigenvalue weighted by Crippen LogP contribution is 2.32. The van der Waals surface area contributed by atoms with E-state index in [0.717, 1.165) is 13.8 Å². The Morgan fingerprint density at radius 2 is 1.17 bits per heavy atom. The summed E-state index contributed by atoms with van der Waals surface area (Å²) in [5, 5.41) is 50.8. The monoisotopic (exact) mass is 665 g/mol. The molecule has 5 N–H and O–H groups in total. The number of aliphatic hydroxyl groups is 4. The molecular weight excluding hydrogens is 622 g/mol. The summed E-state index contributed by atoms with van der Waals surface area (Å²) in [6, 6.07) is 0. The highest BCUT2D eigenvalue weighted by Gasteiger charge is 2.48. The lowest BCUT2D eigenvalue weighted by Gasteiger charge is -2.40. The van der Waals surface area contributed by atoms with E-state index in [1.807, 2.05) is 0 Å². The SMILES string of the molecule is CC(=O)OC[C@H]1O[C@H](C#CC2CCCC(C#C[C@H]3O[C@H](COC(C)=O)[C@@H](OC(C)=O)[C@H](O)C3O)CC2C=N)[C@@H](O)[C@@H](O)[C@@H]1OC(C)=O. The summed E-state index contributed by atoms with van der Waals surface area (Å²) in [5.41, 5.74) is 0. The number of esters is 4. The Hall–Kier alpha value is -3.57. The van der Waals surface area contributed by atoms with Gasteiger partial charge in [0.25, 0.3) is 0 Å². The van der Waals surface area contributed by atoms with Gasteiger partial charge in [0.05, 0.1) is 0 Å². The zero-order valence-corrected chi connectivity index (χ0v) is 26.7. The van der Waals surface area contributed by atoms with Crippen LogP contribution in [-0.4, -0.2) is 125 Å². The van der Waals surface area contributed by atoms with Gasteiger partial charge in [-0.2, -0.15) is 0 Å². The van der Waals surface area contributed by atoms with Crippen molar-refractivity contribution in [1.29, 1.82) is 5.41 Å². The summed E-state index contributed by atoms with van der Waals surface area (Å²) in [6.07, 6.45) is -9.70. The molecule has 13 atom stereocenters. The molecule has 0 aromatic carbocycles. The third-order valence-electron chi connectivity index (χ3n) is 8.07. The van der Waals surface area contributed by atoms with E-state index in [0.29, 0.717) is 25.7 Å². The van der Waals surface area contributed by atoms with Gasteiger partial charge in [0.2, 0.25) is 0 Å². The Balaban J connectivity index is 1.72. The smallest absolute Gasteiger partial charge is 0.303 e. The molecule has 1 saturated carbocycles. The van der Waals surface area contributed by atoms with Gasteiger partial charge in [0.15, 0.2) is 12.2 Å². The Labute approximate surface area is 272 Å². The molecule has 0 bridgehead atoms. The Morgan fingerprint density at radius 1 is 0.702 bits per heavy atom. The van der Waals surface area contributed by atoms with E-state index >= 15 is 0 Å². The van der Waals surface area contributed by atoms with Crippen LogP contribution in [0.25, 0.3) is 0 Å². The normalized spacial score (nSPS) is 36.9. The fourth-order valence-corrected chi connectivity index (χ4v) is 5.75. The number of hydrogen-bond donors (Lipinski definition) is 5. The zero-order valence-electron chi connectivity index (χ0n) is 26.7. The van der Waals surface area contributed by atoms with E-state index in [1.165, 1.54) is 20.1 Å². The fourth-order valence-electron chi connectivity index (χ4n) is 5.75. The van der Waals surface area contributed by atoms with Crippen molar-refractivity contribution in [3.63, 3.8) is 0 Å². The number of carbonyl (C=O) groups excluding carboxylic acids is 4. The summed E-state index contributed by atoms with van der Waals surface area (Å²) < 4.78 is 31.8. The second kappa shape index (κ2) is 17.5. The summed E-state index contributed by atoms with van der Waals surface area (Å²) in [5.74, 6) is 8.28. The highest BCUT2D eigenvalue weighted by atomic mass is 16.6. The molecule has 0 aromatic heterocycles. The molecule has 0 amide bonds. The van der Waals surface area contributed by atoms with E-state index in [1.54, 1.807) is 0 Å². The molecule has 0 aromatic rings. The van der Waals surface area contributed by atoms with Crippen molar-refractivity contribution < 1.29 is 68.0 Å². The van der Waals surface area contributed by atoms with E-state index < -0.39 is 84.9 Å². The van der Waals surface area contributed by atoms with Gasteiger partial charge < -0.3 is 54.3 Å². The first kappa shape index (κ1) is 37.9. The van der Waals surface area contributed by atoms with Crippen LogP contribution in [0.2, 0.25) is 0 Å². The van der Waals surface area contributed by atoms with Gasteiger partial charge in [-0.05, 0) is 25.5 Å². The predicted molar refractivity (Wildman–Crippen MR) is 159 cm³/mol. The minimum Gasteiger partial charge on any atom is -0.463 e. The minimum atomic E-state index is -1.56. The van der Waals surface area contributed by atoms with Crippen LogP contribution >= 0.6 is 0 Å². The van der Waals surface area contributed by atoms with Crippen LogP contribution < -0.4 is 0 Å². The van der Waals surface area contributed by atoms with E-state index in [2.05, 4.69) is 23.7 Å². The summed E-state index contributed by atoms with van der Waals surface area (Å²) >= 11 is 0. The molecule has 15 heteroatoms. The summed E-state index contributed by atoms with van der Waals surface area (Å²) in [4.78, 5) is 45.8. The van der Waals surface area contributed by atoms with Crippen LogP contribution in [0.3, 0.4) is 0 Å². The van der Waals surface area contributed by atoms with Gasteiger partial charge in [0.1, 0.15) is 62.0 Å². The maximum atomic E-state index is 11.6. The van der Waals surface area contributed by atoms with Gasteiger partial charge in [0, 0.05) is 45.4 Å². The van der Waals surface area contributed by atoms with Crippen LogP contribution in [0.5, 0.6) is 0 Å². The molecule has 1 aliphatic carbocycles. The van der Waals surface area contributed by atoms with Crippen LogP contribution in [0.15, 0.2) is 0 Å². The molecular formula is C32H43NO14. The minimum absolute atomic E-state index is 0.240. The van der Waals surface area contributed by atoms with Crippen LogP contribution in [0, 0.1) is 46.8 Å². The number of rotatable bonds is 7. The van der Waals surface area contributed by atoms with Crippen molar-refractivity contribution in [2.75, 3.05) is 13.2 Å². The third-order valence-corrected chi connectivity index (χ3v) is 8.07. The molecule has 2 aliphatic heterocycles. The molecule has 3 fully saturated rings. The van der Waals surface area contributed by atoms with Crippen LogP contribution in [0.4, 0.5) is 0 Å². The van der Waals surface area contributed by atoms with Gasteiger partial charge in [-0.25, -0.2) is 0 Å². The van der Waals surface area contributed by atoms with Gasteiger partial charge in [-0.3, -0.25) is 19.2 Å². The zero-order chi connectivity index (χ0) is 34.8. The Kier molecular flexibility index (Phi) is 14.1. The first-order valence-electron chi connectivity index (χ1n) is 15.4. The standard InChI is InChI=1S/C32H43NO14/c1-16(34)42-14-25-31(44-18(3)36)29(40)27(38)23(46-25)10-8-20-6-5-7-21(22(12-20)13-33)9-11-24-28(39)30(41)32(45-19(4)37)26(47-24)15-43-17(2)35/h13,20-33,38-41H,5-7,12,14-15H2,1-4H3/t20?,21?,22?,23-,24-,25-,26-,27?,28-,29-,30-,31-,32-/m1/s1. The average Bonchev–Trinajstić information content (AvgIpc) is 3.21. The molecule has 0 spiro atoms. The Bertz CT molecular complexity index is 1270. The van der Waals surface area contributed by atoms with Crippen molar-refractivity contribution in [3.8, 4) is 23.7 Å². The average molecular weight is 666 g/mol. The van der Waals surface area contributed by atoms with E-state index in [-0.39, 0.29) is 31.0 Å². The number of nitrogens with one attached hydrogen (secondary N) is 1. The van der Waals surface area contributed by atoms with Crippen molar-refractivity contribution >= 4 is 30.1 Å². The summed E-state index contributed by atoms with van der Waals surface area (Å²) in [7, 11) is 0. The molecule has 260 valence electrons. The van der Waals surface area contributed by atoms with Crippen LogP contribution in [-0.2, 0) is 47.6 Å². The van der Waals surface area contributed by atoms with Crippen molar-refractivity contribution in [1.82, 2.24) is 0 Å². The molecule has 2 heterocycles. The molecule has 4 unspecified atom stereocenters. The van der Waals surface area contributed by atoms with Crippen molar-refractivity contribution in [3.05, 3.63) is 0 Å². The third kappa shape index (κ3) is 10.7. The second-order valence-electron chi connectivity index (χ2n) is 11.8. The molecule has 47 heavy (non-hydrogen) atoms.